The summed E-state index contributed by atoms with van der Waals surface area (Å²) in [5, 5.41) is 4.24. The van der Waals surface area contributed by atoms with E-state index in [0.717, 1.165) is 19.0 Å². The normalized spacial score (nSPS) is 16.7. The second-order valence-corrected chi connectivity index (χ2v) is 9.80. The zero-order valence-corrected chi connectivity index (χ0v) is 11.2. The van der Waals surface area contributed by atoms with Crippen molar-refractivity contribution < 1.29 is 9.16 Å². The van der Waals surface area contributed by atoms with Gasteiger partial charge in [0.1, 0.15) is 0 Å². The van der Waals surface area contributed by atoms with Crippen LogP contribution in [0, 0.1) is 0 Å². The predicted octanol–water partition coefficient (Wildman–Crippen LogP) is 3.69. The Balaban J connectivity index is 2.24. The molecule has 2 nitrogen and oxygen atoms in total. The van der Waals surface area contributed by atoms with Gasteiger partial charge in [-0.1, -0.05) is 0 Å². The highest BCUT2D eigenvalue weighted by molar-refractivity contribution is 7.08. The molecule has 0 bridgehead atoms. The zero-order chi connectivity index (χ0) is 10.9. The molecule has 0 N–H and O–H groups in total. The molecule has 0 spiro atoms. The van der Waals surface area contributed by atoms with Gasteiger partial charge in [-0.15, -0.1) is 0 Å². The molecule has 2 rings (SSSR count). The summed E-state index contributed by atoms with van der Waals surface area (Å²) in [6.07, 6.45) is 0.969. The lowest BCUT2D eigenvalue weighted by Gasteiger charge is -2.20. The molecule has 0 fully saturated rings. The van der Waals surface area contributed by atoms with Crippen LogP contribution < -0.4 is 0 Å². The van der Waals surface area contributed by atoms with Gasteiger partial charge in [0.25, 0.3) is 5.95 Å². The molecular weight excluding hydrogens is 224 g/mol. The molecule has 1 aromatic rings. The lowest BCUT2D eigenvalue weighted by Crippen LogP contribution is -2.25. The topological polar surface area (TPSA) is 18.5 Å². The van der Waals surface area contributed by atoms with E-state index in [1.165, 1.54) is 11.1 Å². The maximum absolute atomic E-state index is 5.94. The van der Waals surface area contributed by atoms with Crippen LogP contribution in [0.1, 0.15) is 12.0 Å². The Kier molecular flexibility index (Phi) is 2.89. The summed E-state index contributed by atoms with van der Waals surface area (Å²) in [5.41, 5.74) is 2.49. The van der Waals surface area contributed by atoms with Crippen molar-refractivity contribution in [3.05, 3.63) is 28.3 Å². The molecule has 4 heteroatoms. The van der Waals surface area contributed by atoms with Gasteiger partial charge in [0.05, 0.1) is 6.61 Å². The molecule has 0 radical (unpaired) electrons. The van der Waals surface area contributed by atoms with Crippen molar-refractivity contribution in [1.29, 1.82) is 0 Å². The Morgan fingerprint density at radius 3 is 2.80 bits per heavy atom. The van der Waals surface area contributed by atoms with Crippen molar-refractivity contribution in [2.75, 3.05) is 6.61 Å². The molecule has 0 aliphatic carbocycles. The summed E-state index contributed by atoms with van der Waals surface area (Å²) in [6, 6.07) is 2.13. The van der Waals surface area contributed by atoms with Crippen molar-refractivity contribution in [1.82, 2.24) is 0 Å². The molecule has 0 amide bonds. The highest BCUT2D eigenvalue weighted by atomic mass is 32.1. The van der Waals surface area contributed by atoms with Gasteiger partial charge >= 0.3 is 0 Å². The molecule has 1 aromatic heterocycles. The van der Waals surface area contributed by atoms with Crippen LogP contribution in [0.2, 0.25) is 19.6 Å². The van der Waals surface area contributed by atoms with Crippen LogP contribution in [0.5, 0.6) is 0 Å². The summed E-state index contributed by atoms with van der Waals surface area (Å²) >= 11 is 1.71. The first-order valence-corrected chi connectivity index (χ1v) is 9.49. The van der Waals surface area contributed by atoms with Gasteiger partial charge in [-0.3, -0.25) is 0 Å². The third-order valence-electron chi connectivity index (χ3n) is 2.10. The van der Waals surface area contributed by atoms with Crippen LogP contribution in [0.4, 0.5) is 0 Å². The number of ether oxygens (including phenoxy) is 1. The Hall–Kier alpha value is -0.743. The average molecular weight is 240 g/mol. The Bertz CT molecular complexity index is 362. The van der Waals surface area contributed by atoms with E-state index in [1.54, 1.807) is 11.3 Å². The summed E-state index contributed by atoms with van der Waals surface area (Å²) < 4.78 is 11.5. The minimum Gasteiger partial charge on any atom is -0.519 e. The van der Waals surface area contributed by atoms with Gasteiger partial charge < -0.3 is 9.16 Å². The van der Waals surface area contributed by atoms with E-state index < -0.39 is 8.32 Å². The lowest BCUT2D eigenvalue weighted by atomic mass is 10.1. The molecule has 82 valence electrons. The van der Waals surface area contributed by atoms with Gasteiger partial charge in [0.2, 0.25) is 8.32 Å². The zero-order valence-electron chi connectivity index (χ0n) is 9.37. The van der Waals surface area contributed by atoms with Crippen LogP contribution in [0.25, 0.3) is 5.57 Å². The number of rotatable bonds is 3. The molecule has 2 heterocycles. The van der Waals surface area contributed by atoms with E-state index in [0.29, 0.717) is 0 Å². The molecule has 15 heavy (non-hydrogen) atoms. The largest absolute Gasteiger partial charge is 0.519 e. The van der Waals surface area contributed by atoms with Crippen LogP contribution in [0.15, 0.2) is 22.8 Å². The van der Waals surface area contributed by atoms with E-state index in [2.05, 4.69) is 36.5 Å². The lowest BCUT2D eigenvalue weighted by molar-refractivity contribution is 0.129. The van der Waals surface area contributed by atoms with Crippen LogP contribution in [0.3, 0.4) is 0 Å². The third-order valence-corrected chi connectivity index (χ3v) is 3.58. The van der Waals surface area contributed by atoms with Gasteiger partial charge in [-0.25, -0.2) is 0 Å². The fraction of sp³-hybridized carbons (Fsp3) is 0.455. The number of hydrogen-bond acceptors (Lipinski definition) is 3. The Morgan fingerprint density at radius 2 is 2.20 bits per heavy atom. The Morgan fingerprint density at radius 1 is 1.40 bits per heavy atom. The molecule has 0 saturated carbocycles. The molecule has 1 aliphatic rings. The second kappa shape index (κ2) is 4.02. The first-order valence-electron chi connectivity index (χ1n) is 5.14. The monoisotopic (exact) mass is 240 g/mol. The molecule has 0 unspecified atom stereocenters. The van der Waals surface area contributed by atoms with Crippen LogP contribution >= 0.6 is 11.3 Å². The first-order chi connectivity index (χ1) is 7.06. The first kappa shape index (κ1) is 10.8. The molecular formula is C11H16O2SSi. The molecule has 0 aromatic carbocycles. The summed E-state index contributed by atoms with van der Waals surface area (Å²) in [4.78, 5) is 0. The van der Waals surface area contributed by atoms with Crippen molar-refractivity contribution in [3.8, 4) is 0 Å². The van der Waals surface area contributed by atoms with Crippen LogP contribution in [-0.4, -0.2) is 14.9 Å². The standard InChI is InChI=1S/C11H16O2SSi/c1-15(2,3)13-11-10(4-6-12-11)9-5-7-14-8-9/h5,7-8H,4,6H2,1-3H3. The van der Waals surface area contributed by atoms with Gasteiger partial charge in [-0.05, 0) is 42.0 Å². The second-order valence-electron chi connectivity index (χ2n) is 4.59. The third kappa shape index (κ3) is 2.63. The van der Waals surface area contributed by atoms with Gasteiger partial charge in [-0.2, -0.15) is 11.3 Å². The maximum atomic E-state index is 5.94. The number of thiophene rings is 1. The van der Waals surface area contributed by atoms with E-state index in [4.69, 9.17) is 9.16 Å². The summed E-state index contributed by atoms with van der Waals surface area (Å²) in [6.45, 7) is 7.28. The van der Waals surface area contributed by atoms with E-state index in [9.17, 15) is 0 Å². The molecule has 0 saturated heterocycles. The summed E-state index contributed by atoms with van der Waals surface area (Å²) in [5.74, 6) is 0.771. The molecule has 0 atom stereocenters. The molecule has 1 aliphatic heterocycles. The highest BCUT2D eigenvalue weighted by Crippen LogP contribution is 2.32. The maximum Gasteiger partial charge on any atom is 0.269 e. The average Bonchev–Trinajstić information content (AvgIpc) is 2.68. The summed E-state index contributed by atoms with van der Waals surface area (Å²) in [7, 11) is -1.56. The van der Waals surface area contributed by atoms with Crippen molar-refractivity contribution in [3.63, 3.8) is 0 Å². The van der Waals surface area contributed by atoms with E-state index >= 15 is 0 Å². The smallest absolute Gasteiger partial charge is 0.269 e. The Labute approximate surface area is 95.7 Å². The van der Waals surface area contributed by atoms with Gasteiger partial charge in [0.15, 0.2) is 0 Å². The van der Waals surface area contributed by atoms with Crippen LogP contribution in [-0.2, 0) is 9.16 Å². The highest BCUT2D eigenvalue weighted by Gasteiger charge is 2.25. The fourth-order valence-electron chi connectivity index (χ4n) is 1.50. The minimum absolute atomic E-state index is 0.755. The van der Waals surface area contributed by atoms with E-state index in [1.807, 2.05) is 0 Å². The fourth-order valence-corrected chi connectivity index (χ4v) is 2.91. The van der Waals surface area contributed by atoms with Gasteiger partial charge in [0, 0.05) is 12.0 Å². The predicted molar refractivity (Wildman–Crippen MR) is 66.2 cm³/mol. The van der Waals surface area contributed by atoms with Crippen molar-refractivity contribution in [2.24, 2.45) is 0 Å². The SMILES string of the molecule is C[Si](C)(C)OC1=C(c2ccsc2)CCO1. The van der Waals surface area contributed by atoms with Crippen molar-refractivity contribution in [2.45, 2.75) is 26.1 Å². The quantitative estimate of drug-likeness (QED) is 0.750. The number of hydrogen-bond donors (Lipinski definition) is 0. The minimum atomic E-state index is -1.56. The van der Waals surface area contributed by atoms with Crippen molar-refractivity contribution >= 4 is 25.2 Å². The van der Waals surface area contributed by atoms with E-state index in [-0.39, 0.29) is 0 Å².